The van der Waals surface area contributed by atoms with Crippen LogP contribution in [0.2, 0.25) is 0 Å². The number of oxime groups is 1. The predicted octanol–water partition coefficient (Wildman–Crippen LogP) is 0.264. The van der Waals surface area contributed by atoms with Crippen molar-refractivity contribution in [3.05, 3.63) is 0 Å². The van der Waals surface area contributed by atoms with E-state index in [1.54, 1.807) is 0 Å². The maximum Gasteiger partial charge on any atom is 0.106 e. The summed E-state index contributed by atoms with van der Waals surface area (Å²) in [6.45, 7) is 0.673. The lowest BCUT2D eigenvalue weighted by Gasteiger charge is -2.17. The van der Waals surface area contributed by atoms with Gasteiger partial charge in [0, 0.05) is 6.54 Å². The number of rotatable bonds is 1. The largest absolute Gasteiger partial charge is 0.399 e. The molecule has 0 aromatic heterocycles. The zero-order valence-electron chi connectivity index (χ0n) is 6.50. The SMILES string of the molecule is CO/N=C1/CC[C@@H](C#N)NC1. The van der Waals surface area contributed by atoms with Crippen molar-refractivity contribution in [2.75, 3.05) is 13.7 Å². The van der Waals surface area contributed by atoms with Crippen LogP contribution in [0, 0.1) is 11.3 Å². The molecule has 11 heavy (non-hydrogen) atoms. The van der Waals surface area contributed by atoms with E-state index in [9.17, 15) is 0 Å². The highest BCUT2D eigenvalue weighted by Crippen LogP contribution is 2.04. The molecule has 1 atom stereocenters. The van der Waals surface area contributed by atoms with Crippen LogP contribution in [0.3, 0.4) is 0 Å². The summed E-state index contributed by atoms with van der Waals surface area (Å²) in [7, 11) is 1.53. The van der Waals surface area contributed by atoms with Crippen molar-refractivity contribution in [1.29, 1.82) is 5.26 Å². The van der Waals surface area contributed by atoms with Crippen LogP contribution in [0.1, 0.15) is 12.8 Å². The molecule has 1 heterocycles. The monoisotopic (exact) mass is 153 g/mol. The molecular formula is C7H11N3O. The first-order valence-corrected chi connectivity index (χ1v) is 3.58. The van der Waals surface area contributed by atoms with Crippen LogP contribution >= 0.6 is 0 Å². The van der Waals surface area contributed by atoms with Gasteiger partial charge in [0.15, 0.2) is 0 Å². The average Bonchev–Trinajstić information content (AvgIpc) is 2.07. The van der Waals surface area contributed by atoms with Crippen LogP contribution in [0.4, 0.5) is 0 Å². The minimum absolute atomic E-state index is 0.00851. The fraction of sp³-hybridized carbons (Fsp3) is 0.714. The summed E-state index contributed by atoms with van der Waals surface area (Å²) in [6.07, 6.45) is 1.69. The van der Waals surface area contributed by atoms with Gasteiger partial charge in [0.2, 0.25) is 0 Å². The Morgan fingerprint density at radius 1 is 1.82 bits per heavy atom. The Bertz CT molecular complexity index is 184. The van der Waals surface area contributed by atoms with Gasteiger partial charge in [-0.15, -0.1) is 0 Å². The van der Waals surface area contributed by atoms with Crippen LogP contribution in [-0.4, -0.2) is 25.4 Å². The lowest BCUT2D eigenvalue weighted by molar-refractivity contribution is 0.211. The van der Waals surface area contributed by atoms with Gasteiger partial charge in [-0.25, -0.2) is 0 Å². The number of nitriles is 1. The van der Waals surface area contributed by atoms with Crippen molar-refractivity contribution in [2.24, 2.45) is 5.16 Å². The summed E-state index contributed by atoms with van der Waals surface area (Å²) in [5.41, 5.74) is 0.985. The fourth-order valence-corrected chi connectivity index (χ4v) is 1.06. The molecule has 0 amide bonds. The van der Waals surface area contributed by atoms with Crippen LogP contribution < -0.4 is 5.32 Å². The maximum atomic E-state index is 8.52. The lowest BCUT2D eigenvalue weighted by atomic mass is 10.1. The molecule has 1 saturated heterocycles. The molecule has 1 aliphatic rings. The Balaban J connectivity index is 2.37. The van der Waals surface area contributed by atoms with Crippen molar-refractivity contribution in [3.63, 3.8) is 0 Å². The summed E-state index contributed by atoms with van der Waals surface area (Å²) >= 11 is 0. The minimum atomic E-state index is -0.00851. The van der Waals surface area contributed by atoms with E-state index in [4.69, 9.17) is 5.26 Å². The molecule has 4 nitrogen and oxygen atoms in total. The van der Waals surface area contributed by atoms with Crippen LogP contribution in [0.25, 0.3) is 0 Å². The molecule has 1 N–H and O–H groups in total. The highest BCUT2D eigenvalue weighted by molar-refractivity contribution is 5.86. The van der Waals surface area contributed by atoms with Gasteiger partial charge >= 0.3 is 0 Å². The molecule has 1 rings (SSSR count). The summed E-state index contributed by atoms with van der Waals surface area (Å²) < 4.78 is 0. The third-order valence-electron chi connectivity index (χ3n) is 1.65. The van der Waals surface area contributed by atoms with Gasteiger partial charge in [0.1, 0.15) is 7.11 Å². The van der Waals surface area contributed by atoms with Crippen molar-refractivity contribution in [1.82, 2.24) is 5.32 Å². The second-order valence-electron chi connectivity index (χ2n) is 2.44. The predicted molar refractivity (Wildman–Crippen MR) is 41.1 cm³/mol. The Morgan fingerprint density at radius 3 is 3.09 bits per heavy atom. The highest BCUT2D eigenvalue weighted by atomic mass is 16.6. The standard InChI is InChI=1S/C7H11N3O/c1-11-10-7-3-2-6(4-8)9-5-7/h6,9H,2-3,5H2,1H3/b10-7-/t6-/m0/s1. The number of hydrogen-bond acceptors (Lipinski definition) is 4. The van der Waals surface area contributed by atoms with Crippen LogP contribution in [0.15, 0.2) is 5.16 Å². The van der Waals surface area contributed by atoms with Crippen LogP contribution in [0.5, 0.6) is 0 Å². The first-order valence-electron chi connectivity index (χ1n) is 3.58. The minimum Gasteiger partial charge on any atom is -0.399 e. The van der Waals surface area contributed by atoms with E-state index in [1.807, 2.05) is 0 Å². The maximum absolute atomic E-state index is 8.52. The first kappa shape index (κ1) is 8.02. The Hall–Kier alpha value is -1.08. The first-order chi connectivity index (χ1) is 5.36. The molecule has 0 bridgehead atoms. The summed E-state index contributed by atoms with van der Waals surface area (Å²) in [6, 6.07) is 2.15. The van der Waals surface area contributed by atoms with Crippen LogP contribution in [-0.2, 0) is 4.84 Å². The summed E-state index contributed by atoms with van der Waals surface area (Å²) in [4.78, 5) is 4.62. The van der Waals surface area contributed by atoms with E-state index < -0.39 is 0 Å². The highest BCUT2D eigenvalue weighted by Gasteiger charge is 2.15. The smallest absolute Gasteiger partial charge is 0.106 e. The second-order valence-corrected chi connectivity index (χ2v) is 2.44. The van der Waals surface area contributed by atoms with Gasteiger partial charge in [0.25, 0.3) is 0 Å². The Labute approximate surface area is 65.8 Å². The number of piperidine rings is 1. The normalized spacial score (nSPS) is 28.0. The average molecular weight is 153 g/mol. The van der Waals surface area contributed by atoms with Gasteiger partial charge < -0.3 is 4.84 Å². The Morgan fingerprint density at radius 2 is 2.64 bits per heavy atom. The zero-order valence-corrected chi connectivity index (χ0v) is 6.50. The topological polar surface area (TPSA) is 57.4 Å². The van der Waals surface area contributed by atoms with E-state index in [-0.39, 0.29) is 6.04 Å². The van der Waals surface area contributed by atoms with Gasteiger partial charge in [0.05, 0.1) is 17.8 Å². The van der Waals surface area contributed by atoms with E-state index in [2.05, 4.69) is 21.4 Å². The summed E-state index contributed by atoms with van der Waals surface area (Å²) in [5, 5.41) is 15.4. The van der Waals surface area contributed by atoms with Crippen molar-refractivity contribution in [2.45, 2.75) is 18.9 Å². The second kappa shape index (κ2) is 3.94. The van der Waals surface area contributed by atoms with Crippen molar-refractivity contribution in [3.8, 4) is 6.07 Å². The number of hydrogen-bond donors (Lipinski definition) is 1. The van der Waals surface area contributed by atoms with E-state index >= 15 is 0 Å². The molecule has 1 fully saturated rings. The zero-order chi connectivity index (χ0) is 8.10. The number of nitrogens with zero attached hydrogens (tertiary/aromatic N) is 2. The molecule has 0 aliphatic carbocycles. The quantitative estimate of drug-likeness (QED) is 0.550. The molecule has 0 spiro atoms. The summed E-state index contributed by atoms with van der Waals surface area (Å²) in [5.74, 6) is 0. The molecule has 60 valence electrons. The van der Waals surface area contributed by atoms with Gasteiger partial charge in [-0.3, -0.25) is 5.32 Å². The van der Waals surface area contributed by atoms with E-state index in [0.717, 1.165) is 18.6 Å². The molecule has 0 aromatic rings. The third kappa shape index (κ3) is 2.20. The molecule has 0 radical (unpaired) electrons. The van der Waals surface area contributed by atoms with E-state index in [0.29, 0.717) is 6.54 Å². The fourth-order valence-electron chi connectivity index (χ4n) is 1.06. The molecule has 4 heteroatoms. The molecule has 0 aromatic carbocycles. The Kier molecular flexibility index (Phi) is 2.87. The van der Waals surface area contributed by atoms with Crippen molar-refractivity contribution < 1.29 is 4.84 Å². The van der Waals surface area contributed by atoms with Gasteiger partial charge in [-0.1, -0.05) is 5.16 Å². The molecule has 1 aliphatic heterocycles. The number of nitrogens with one attached hydrogen (secondary N) is 1. The lowest BCUT2D eigenvalue weighted by Crippen LogP contribution is -2.38. The third-order valence-corrected chi connectivity index (χ3v) is 1.65. The molecule has 0 saturated carbocycles. The van der Waals surface area contributed by atoms with Gasteiger partial charge in [-0.05, 0) is 12.8 Å². The molecule has 0 unspecified atom stereocenters. The van der Waals surface area contributed by atoms with Crippen molar-refractivity contribution >= 4 is 5.71 Å². The van der Waals surface area contributed by atoms with E-state index in [1.165, 1.54) is 7.11 Å². The van der Waals surface area contributed by atoms with Gasteiger partial charge in [-0.2, -0.15) is 5.26 Å². The molecular weight excluding hydrogens is 142 g/mol.